The molecule has 3 aromatic carbocycles. The second kappa shape index (κ2) is 10.8. The summed E-state index contributed by atoms with van der Waals surface area (Å²) in [5.74, 6) is -1.71. The van der Waals surface area contributed by atoms with Gasteiger partial charge in [-0.3, -0.25) is 9.10 Å². The predicted molar refractivity (Wildman–Crippen MR) is 126 cm³/mol. The molecule has 0 radical (unpaired) electrons. The van der Waals surface area contributed by atoms with Crippen molar-refractivity contribution < 1.29 is 35.5 Å². The first-order chi connectivity index (χ1) is 16.9. The van der Waals surface area contributed by atoms with Crippen LogP contribution in [0.3, 0.4) is 0 Å². The molecule has 3 aromatic rings. The van der Waals surface area contributed by atoms with Gasteiger partial charge in [0.15, 0.2) is 0 Å². The Morgan fingerprint density at radius 1 is 1.00 bits per heavy atom. The zero-order chi connectivity index (χ0) is 26.5. The van der Waals surface area contributed by atoms with Crippen LogP contribution in [-0.4, -0.2) is 31.5 Å². The van der Waals surface area contributed by atoms with Gasteiger partial charge in [0.2, 0.25) is 0 Å². The van der Waals surface area contributed by atoms with Crippen LogP contribution in [-0.2, 0) is 21.4 Å². The second-order valence-electron chi connectivity index (χ2n) is 7.48. The topological polar surface area (TPSA) is 75.7 Å². The molecule has 0 atom stereocenters. The Morgan fingerprint density at radius 3 is 2.19 bits per heavy atom. The highest BCUT2D eigenvalue weighted by Crippen LogP contribution is 2.28. The Morgan fingerprint density at radius 2 is 1.61 bits per heavy atom. The molecule has 0 saturated carbocycles. The summed E-state index contributed by atoms with van der Waals surface area (Å²) in [6.45, 7) is 5.05. The van der Waals surface area contributed by atoms with Gasteiger partial charge in [0, 0.05) is 13.1 Å². The monoisotopic (exact) mass is 522 g/mol. The quantitative estimate of drug-likeness (QED) is 0.308. The molecule has 0 fully saturated rings. The van der Waals surface area contributed by atoms with E-state index in [9.17, 15) is 30.8 Å². The van der Waals surface area contributed by atoms with Gasteiger partial charge >= 0.3 is 6.36 Å². The maximum Gasteiger partial charge on any atom is 0.573 e. The number of nitrogens with zero attached hydrogens (tertiary/aromatic N) is 1. The number of carbonyl (C=O) groups excluding carboxylic acids is 1. The second-order valence-corrected chi connectivity index (χ2v) is 9.34. The summed E-state index contributed by atoms with van der Waals surface area (Å²) in [5, 5.41) is 2.62. The maximum atomic E-state index is 13.2. The molecule has 6 nitrogen and oxygen atoms in total. The molecule has 0 aliphatic heterocycles. The number of hydrogen-bond acceptors (Lipinski definition) is 4. The number of amides is 1. The largest absolute Gasteiger partial charge is 0.573 e. The summed E-state index contributed by atoms with van der Waals surface area (Å²) in [6, 6.07) is 16.4. The van der Waals surface area contributed by atoms with E-state index in [-0.39, 0.29) is 29.4 Å². The van der Waals surface area contributed by atoms with Crippen LogP contribution in [0.5, 0.6) is 5.75 Å². The highest BCUT2D eigenvalue weighted by atomic mass is 32.2. The standard InChI is InChI=1S/C25H22F4N2O4S/c1-3-31(36(33,34)22-14-10-20(26)11-15-22)17(2)24(32)30-16-19-6-4-5-7-23(19)18-8-12-21(13-9-18)35-25(27,28)29/h4-15H,2-3,16H2,1H3,(H,30,32). The van der Waals surface area contributed by atoms with Crippen LogP contribution in [0.15, 0.2) is 90.0 Å². The molecule has 1 N–H and O–H groups in total. The number of sulfonamides is 1. The van der Waals surface area contributed by atoms with Gasteiger partial charge in [-0.1, -0.05) is 43.0 Å². The third kappa shape index (κ3) is 6.42. The molecule has 0 spiro atoms. The number of nitrogens with one attached hydrogen (secondary N) is 1. The zero-order valence-corrected chi connectivity index (χ0v) is 19.9. The molecule has 11 heteroatoms. The summed E-state index contributed by atoms with van der Waals surface area (Å²) >= 11 is 0. The van der Waals surface area contributed by atoms with E-state index in [4.69, 9.17) is 0 Å². The summed E-state index contributed by atoms with van der Waals surface area (Å²) in [6.07, 6.45) is -4.80. The Hall–Kier alpha value is -3.86. The molecule has 0 aromatic heterocycles. The first kappa shape index (κ1) is 26.7. The fraction of sp³-hybridized carbons (Fsp3) is 0.160. The molecule has 3 rings (SSSR count). The summed E-state index contributed by atoms with van der Waals surface area (Å²) in [4.78, 5) is 12.6. The smallest absolute Gasteiger partial charge is 0.406 e. The van der Waals surface area contributed by atoms with Gasteiger partial charge in [0.05, 0.1) is 4.90 Å². The summed E-state index contributed by atoms with van der Waals surface area (Å²) in [7, 11) is -4.15. The van der Waals surface area contributed by atoms with E-state index in [1.54, 1.807) is 24.3 Å². The van der Waals surface area contributed by atoms with Gasteiger partial charge in [-0.2, -0.15) is 0 Å². The molecule has 190 valence electrons. The first-order valence-electron chi connectivity index (χ1n) is 10.6. The molecule has 0 heterocycles. The average Bonchev–Trinajstić information content (AvgIpc) is 2.82. The zero-order valence-electron chi connectivity index (χ0n) is 19.0. The van der Waals surface area contributed by atoms with E-state index in [0.717, 1.165) is 28.6 Å². The van der Waals surface area contributed by atoms with Crippen LogP contribution in [0, 0.1) is 5.82 Å². The third-order valence-corrected chi connectivity index (χ3v) is 7.03. The Balaban J connectivity index is 1.74. The number of carbonyl (C=O) groups is 1. The average molecular weight is 523 g/mol. The van der Waals surface area contributed by atoms with Gasteiger partial charge < -0.3 is 10.1 Å². The molecule has 0 aliphatic carbocycles. The van der Waals surface area contributed by atoms with E-state index in [1.807, 2.05) is 0 Å². The molecule has 0 unspecified atom stereocenters. The first-order valence-corrected chi connectivity index (χ1v) is 12.1. The lowest BCUT2D eigenvalue weighted by atomic mass is 9.99. The summed E-state index contributed by atoms with van der Waals surface area (Å²) < 4.78 is 81.0. The number of benzene rings is 3. The van der Waals surface area contributed by atoms with E-state index >= 15 is 0 Å². The maximum absolute atomic E-state index is 13.2. The Kier molecular flexibility index (Phi) is 8.03. The van der Waals surface area contributed by atoms with Crippen molar-refractivity contribution in [1.29, 1.82) is 0 Å². The molecule has 0 bridgehead atoms. The van der Waals surface area contributed by atoms with Gasteiger partial charge in [-0.15, -0.1) is 13.2 Å². The van der Waals surface area contributed by atoms with Crippen molar-refractivity contribution in [3.8, 4) is 16.9 Å². The van der Waals surface area contributed by atoms with Crippen LogP contribution in [0.1, 0.15) is 12.5 Å². The van der Waals surface area contributed by atoms with Crippen LogP contribution < -0.4 is 10.1 Å². The number of halogens is 4. The lowest BCUT2D eigenvalue weighted by Crippen LogP contribution is -2.38. The highest BCUT2D eigenvalue weighted by Gasteiger charge is 2.31. The molecule has 1 amide bonds. The van der Waals surface area contributed by atoms with Crippen molar-refractivity contribution in [3.05, 3.63) is 96.5 Å². The highest BCUT2D eigenvalue weighted by molar-refractivity contribution is 7.89. The van der Waals surface area contributed by atoms with Gasteiger partial charge in [0.1, 0.15) is 17.3 Å². The normalized spacial score (nSPS) is 11.6. The molecule has 0 saturated heterocycles. The summed E-state index contributed by atoms with van der Waals surface area (Å²) in [5.41, 5.74) is 1.54. The van der Waals surface area contributed by atoms with Crippen molar-refractivity contribution >= 4 is 15.9 Å². The minimum Gasteiger partial charge on any atom is -0.406 e. The SMILES string of the molecule is C=C(C(=O)NCc1ccccc1-c1ccc(OC(F)(F)F)cc1)N(CC)S(=O)(=O)c1ccc(F)cc1. The van der Waals surface area contributed by atoms with Crippen LogP contribution >= 0.6 is 0 Å². The fourth-order valence-corrected chi connectivity index (χ4v) is 4.87. The Labute approximate surface area is 205 Å². The van der Waals surface area contributed by atoms with Crippen molar-refractivity contribution in [3.63, 3.8) is 0 Å². The lowest BCUT2D eigenvalue weighted by Gasteiger charge is -2.24. The van der Waals surface area contributed by atoms with Crippen LogP contribution in [0.4, 0.5) is 17.6 Å². The molecule has 0 aliphatic rings. The number of alkyl halides is 3. The fourth-order valence-electron chi connectivity index (χ4n) is 3.42. The van der Waals surface area contributed by atoms with E-state index in [2.05, 4.69) is 16.6 Å². The van der Waals surface area contributed by atoms with Gasteiger partial charge in [0.25, 0.3) is 15.9 Å². The molecular weight excluding hydrogens is 500 g/mol. The van der Waals surface area contributed by atoms with Crippen molar-refractivity contribution in [2.24, 2.45) is 0 Å². The van der Waals surface area contributed by atoms with Gasteiger partial charge in [-0.05, 0) is 60.0 Å². The van der Waals surface area contributed by atoms with Crippen molar-refractivity contribution in [2.75, 3.05) is 6.54 Å². The Bertz CT molecular complexity index is 1340. The van der Waals surface area contributed by atoms with Gasteiger partial charge in [-0.25, -0.2) is 12.8 Å². The molecule has 36 heavy (non-hydrogen) atoms. The van der Waals surface area contributed by atoms with E-state index in [1.165, 1.54) is 31.2 Å². The molecular formula is C25H22F4N2O4S. The number of hydrogen-bond donors (Lipinski definition) is 1. The van der Waals surface area contributed by atoms with E-state index in [0.29, 0.717) is 16.7 Å². The van der Waals surface area contributed by atoms with E-state index < -0.39 is 28.1 Å². The minimum absolute atomic E-state index is 0.0109. The number of likely N-dealkylation sites (N-methyl/N-ethyl adjacent to an activating group) is 1. The van der Waals surface area contributed by atoms with Crippen molar-refractivity contribution in [2.45, 2.75) is 24.7 Å². The predicted octanol–water partition coefficient (Wildman–Crippen LogP) is 5.23. The number of rotatable bonds is 9. The van der Waals surface area contributed by atoms with Crippen LogP contribution in [0.25, 0.3) is 11.1 Å². The van der Waals surface area contributed by atoms with Crippen LogP contribution in [0.2, 0.25) is 0 Å². The third-order valence-electron chi connectivity index (χ3n) is 5.11. The van der Waals surface area contributed by atoms with Crippen molar-refractivity contribution in [1.82, 2.24) is 9.62 Å². The number of ether oxygens (including phenoxy) is 1. The minimum atomic E-state index is -4.80. The lowest BCUT2D eigenvalue weighted by molar-refractivity contribution is -0.274.